The molecule has 2 aromatic heterocycles. The van der Waals surface area contributed by atoms with E-state index in [1.807, 2.05) is 24.3 Å². The molecule has 1 aromatic carbocycles. The highest BCUT2D eigenvalue weighted by atomic mass is 19.1. The van der Waals surface area contributed by atoms with Crippen LogP contribution in [0.1, 0.15) is 36.3 Å². The first-order chi connectivity index (χ1) is 12.1. The normalized spacial score (nSPS) is 26.6. The van der Waals surface area contributed by atoms with Gasteiger partial charge in [0.1, 0.15) is 6.17 Å². The Balaban J connectivity index is 1.89. The van der Waals surface area contributed by atoms with E-state index in [0.717, 1.165) is 22.0 Å². The maximum atomic E-state index is 14.3. The van der Waals surface area contributed by atoms with Crippen molar-refractivity contribution in [3.8, 4) is 0 Å². The predicted molar refractivity (Wildman–Crippen MR) is 92.7 cm³/mol. The first kappa shape index (κ1) is 15.7. The van der Waals surface area contributed by atoms with Gasteiger partial charge in [-0.2, -0.15) is 5.10 Å². The van der Waals surface area contributed by atoms with Crippen LogP contribution in [0.5, 0.6) is 0 Å². The van der Waals surface area contributed by atoms with Crippen molar-refractivity contribution in [3.63, 3.8) is 0 Å². The summed E-state index contributed by atoms with van der Waals surface area (Å²) in [7, 11) is 0. The number of aromatic amines is 1. The van der Waals surface area contributed by atoms with Gasteiger partial charge in [-0.05, 0) is 48.6 Å². The molecule has 0 radical (unpaired) electrons. The second-order valence-corrected chi connectivity index (χ2v) is 6.72. The second-order valence-electron chi connectivity index (χ2n) is 6.72. The fourth-order valence-corrected chi connectivity index (χ4v) is 4.14. The van der Waals surface area contributed by atoms with Crippen LogP contribution < -0.4 is 5.73 Å². The van der Waals surface area contributed by atoms with E-state index >= 15 is 0 Å². The number of alkyl halides is 1. The molecule has 1 aliphatic carbocycles. The third-order valence-corrected chi connectivity index (χ3v) is 5.42. The lowest BCUT2D eigenvalue weighted by Crippen LogP contribution is -2.49. The van der Waals surface area contributed by atoms with Gasteiger partial charge in [-0.15, -0.1) is 0 Å². The summed E-state index contributed by atoms with van der Waals surface area (Å²) in [6.07, 6.45) is 5.07. The molecule has 0 bridgehead atoms. The minimum absolute atomic E-state index is 0.265. The molecule has 2 heterocycles. The Labute approximate surface area is 144 Å². The van der Waals surface area contributed by atoms with E-state index in [1.54, 1.807) is 24.7 Å². The van der Waals surface area contributed by atoms with Crippen molar-refractivity contribution in [1.82, 2.24) is 15.2 Å². The van der Waals surface area contributed by atoms with Crippen LogP contribution in [0.4, 0.5) is 4.39 Å². The maximum absolute atomic E-state index is 14.3. The van der Waals surface area contributed by atoms with Crippen LogP contribution in [0.25, 0.3) is 10.9 Å². The van der Waals surface area contributed by atoms with E-state index in [4.69, 9.17) is 5.73 Å². The first-order valence-electron chi connectivity index (χ1n) is 8.39. The van der Waals surface area contributed by atoms with Crippen molar-refractivity contribution in [3.05, 3.63) is 60.0 Å². The van der Waals surface area contributed by atoms with Crippen molar-refractivity contribution < 1.29 is 9.18 Å². The molecule has 4 rings (SSSR count). The minimum Gasteiger partial charge on any atom is -0.369 e. The molecular formula is C19H19FN4O. The Bertz CT molecular complexity index is 910. The predicted octanol–water partition coefficient (Wildman–Crippen LogP) is 2.99. The summed E-state index contributed by atoms with van der Waals surface area (Å²) in [6.45, 7) is 0. The number of nitrogens with one attached hydrogen (secondary N) is 1. The number of primary amides is 1. The Morgan fingerprint density at radius 3 is 2.96 bits per heavy atom. The van der Waals surface area contributed by atoms with E-state index in [0.29, 0.717) is 12.8 Å². The lowest BCUT2D eigenvalue weighted by Gasteiger charge is -2.43. The average molecular weight is 338 g/mol. The van der Waals surface area contributed by atoms with Gasteiger partial charge >= 0.3 is 0 Å². The molecule has 1 fully saturated rings. The largest absolute Gasteiger partial charge is 0.369 e. The highest BCUT2D eigenvalue weighted by Gasteiger charge is 2.50. The molecule has 3 N–H and O–H groups in total. The molecule has 3 unspecified atom stereocenters. The summed E-state index contributed by atoms with van der Waals surface area (Å²) < 4.78 is 14.3. The van der Waals surface area contributed by atoms with E-state index < -0.39 is 17.5 Å². The molecule has 0 aliphatic heterocycles. The number of carbonyl (C=O) groups excluding carboxylic acids is 1. The Morgan fingerprint density at radius 2 is 2.20 bits per heavy atom. The lowest BCUT2D eigenvalue weighted by molar-refractivity contribution is -0.126. The fourth-order valence-electron chi connectivity index (χ4n) is 4.14. The smallest absolute Gasteiger partial charge is 0.228 e. The molecule has 0 saturated heterocycles. The SMILES string of the molecule is NC(=O)C1(c2cccnc2)CCC(F)CC1c1ccc2[nH]ncc2c1. The number of aromatic nitrogens is 3. The van der Waals surface area contributed by atoms with Crippen molar-refractivity contribution in [2.24, 2.45) is 5.73 Å². The van der Waals surface area contributed by atoms with Crippen LogP contribution in [0.2, 0.25) is 0 Å². The van der Waals surface area contributed by atoms with E-state index in [1.165, 1.54) is 0 Å². The van der Waals surface area contributed by atoms with Crippen LogP contribution in [-0.2, 0) is 10.2 Å². The number of rotatable bonds is 3. The number of halogens is 1. The third-order valence-electron chi connectivity index (χ3n) is 5.42. The number of amides is 1. The Kier molecular flexibility index (Phi) is 3.75. The zero-order valence-corrected chi connectivity index (χ0v) is 13.7. The summed E-state index contributed by atoms with van der Waals surface area (Å²) in [4.78, 5) is 16.8. The zero-order chi connectivity index (χ0) is 17.4. The van der Waals surface area contributed by atoms with Crippen molar-refractivity contribution in [2.75, 3.05) is 0 Å². The minimum atomic E-state index is -0.950. The quantitative estimate of drug-likeness (QED) is 0.770. The summed E-state index contributed by atoms with van der Waals surface area (Å²) >= 11 is 0. The van der Waals surface area contributed by atoms with E-state index in [2.05, 4.69) is 15.2 Å². The van der Waals surface area contributed by atoms with Crippen molar-refractivity contribution in [1.29, 1.82) is 0 Å². The number of pyridine rings is 1. The number of nitrogens with two attached hydrogens (primary N) is 1. The highest BCUT2D eigenvalue weighted by molar-refractivity contribution is 5.89. The molecule has 5 nitrogen and oxygen atoms in total. The second kappa shape index (κ2) is 5.95. The number of carbonyl (C=O) groups is 1. The van der Waals surface area contributed by atoms with Gasteiger partial charge in [-0.3, -0.25) is 14.9 Å². The van der Waals surface area contributed by atoms with Gasteiger partial charge in [0.25, 0.3) is 0 Å². The molecular weight excluding hydrogens is 319 g/mol. The van der Waals surface area contributed by atoms with Crippen LogP contribution in [0, 0.1) is 0 Å². The molecule has 1 aliphatic rings. The first-order valence-corrected chi connectivity index (χ1v) is 8.39. The number of benzene rings is 1. The molecule has 128 valence electrons. The van der Waals surface area contributed by atoms with Gasteiger partial charge in [0, 0.05) is 23.7 Å². The standard InChI is InChI=1S/C19H19FN4O/c20-15-5-6-19(18(21)25,14-2-1-7-22-11-14)16(9-15)12-3-4-17-13(8-12)10-23-24-17/h1-4,7-8,10-11,15-16H,5-6,9H2,(H2,21,25)(H,23,24). The summed E-state index contributed by atoms with van der Waals surface area (Å²) in [5.41, 5.74) is 7.51. The number of nitrogens with zero attached hydrogens (tertiary/aromatic N) is 2. The van der Waals surface area contributed by atoms with Gasteiger partial charge in [0.05, 0.1) is 17.1 Å². The maximum Gasteiger partial charge on any atom is 0.228 e. The van der Waals surface area contributed by atoms with E-state index in [-0.39, 0.29) is 12.3 Å². The van der Waals surface area contributed by atoms with Crippen LogP contribution in [0.15, 0.2) is 48.9 Å². The topological polar surface area (TPSA) is 84.7 Å². The Hall–Kier alpha value is -2.76. The van der Waals surface area contributed by atoms with Gasteiger partial charge < -0.3 is 5.73 Å². The Morgan fingerprint density at radius 1 is 1.32 bits per heavy atom. The molecule has 6 heteroatoms. The zero-order valence-electron chi connectivity index (χ0n) is 13.7. The molecule has 25 heavy (non-hydrogen) atoms. The average Bonchev–Trinajstić information content (AvgIpc) is 3.10. The fraction of sp³-hybridized carbons (Fsp3) is 0.316. The van der Waals surface area contributed by atoms with Crippen LogP contribution >= 0.6 is 0 Å². The van der Waals surface area contributed by atoms with Gasteiger partial charge in [0.15, 0.2) is 0 Å². The summed E-state index contributed by atoms with van der Waals surface area (Å²) in [5, 5.41) is 7.87. The van der Waals surface area contributed by atoms with Gasteiger partial charge in [-0.25, -0.2) is 4.39 Å². The van der Waals surface area contributed by atoms with Gasteiger partial charge in [-0.1, -0.05) is 12.1 Å². The van der Waals surface area contributed by atoms with Crippen LogP contribution in [-0.4, -0.2) is 27.3 Å². The van der Waals surface area contributed by atoms with Crippen LogP contribution in [0.3, 0.4) is 0 Å². The molecule has 3 atom stereocenters. The third kappa shape index (κ3) is 2.49. The molecule has 1 amide bonds. The molecule has 1 saturated carbocycles. The number of hydrogen-bond donors (Lipinski definition) is 2. The number of H-pyrrole nitrogens is 1. The van der Waals surface area contributed by atoms with Crippen molar-refractivity contribution in [2.45, 2.75) is 36.8 Å². The summed E-state index contributed by atoms with van der Waals surface area (Å²) in [5.74, 6) is -0.762. The lowest BCUT2D eigenvalue weighted by atomic mass is 9.60. The monoisotopic (exact) mass is 338 g/mol. The molecule has 3 aromatic rings. The van der Waals surface area contributed by atoms with E-state index in [9.17, 15) is 9.18 Å². The summed E-state index contributed by atoms with van der Waals surface area (Å²) in [6, 6.07) is 9.46. The number of hydrogen-bond acceptors (Lipinski definition) is 3. The van der Waals surface area contributed by atoms with Crippen molar-refractivity contribution >= 4 is 16.8 Å². The van der Waals surface area contributed by atoms with Gasteiger partial charge in [0.2, 0.25) is 5.91 Å². The highest BCUT2D eigenvalue weighted by Crippen LogP contribution is 2.50. The number of fused-ring (bicyclic) bond motifs is 1. The molecule has 0 spiro atoms.